The lowest BCUT2D eigenvalue weighted by molar-refractivity contribution is -0.122. The highest BCUT2D eigenvalue weighted by molar-refractivity contribution is 5.82. The van der Waals surface area contributed by atoms with E-state index in [-0.39, 0.29) is 11.9 Å². The number of nitrogens with two attached hydrogens (primary N) is 1. The van der Waals surface area contributed by atoms with Gasteiger partial charge in [0.2, 0.25) is 5.91 Å². The van der Waals surface area contributed by atoms with Crippen LogP contribution >= 0.6 is 0 Å². The van der Waals surface area contributed by atoms with Crippen LogP contribution in [0.2, 0.25) is 0 Å². The Bertz CT molecular complexity index is 196. The molecule has 3 heteroatoms. The van der Waals surface area contributed by atoms with Crippen molar-refractivity contribution in [2.75, 3.05) is 0 Å². The molecule has 1 amide bonds. The van der Waals surface area contributed by atoms with E-state index in [0.717, 1.165) is 12.8 Å². The smallest absolute Gasteiger partial charge is 0.237 e. The molecule has 0 saturated heterocycles. The van der Waals surface area contributed by atoms with Crippen molar-refractivity contribution in [3.63, 3.8) is 0 Å². The van der Waals surface area contributed by atoms with E-state index in [1.165, 1.54) is 0 Å². The molecule has 0 radical (unpaired) electrons. The van der Waals surface area contributed by atoms with Crippen molar-refractivity contribution >= 4 is 5.91 Å². The van der Waals surface area contributed by atoms with Crippen LogP contribution in [0.5, 0.6) is 0 Å². The molecule has 74 valence electrons. The summed E-state index contributed by atoms with van der Waals surface area (Å²) in [6, 6.07) is -0.609. The molecular formula is C10H18N2O. The van der Waals surface area contributed by atoms with Gasteiger partial charge in [0.15, 0.2) is 0 Å². The molecule has 3 nitrogen and oxygen atoms in total. The Hall–Kier alpha value is -1.01. The Labute approximate surface area is 80.1 Å². The van der Waals surface area contributed by atoms with Crippen molar-refractivity contribution in [1.82, 2.24) is 5.32 Å². The summed E-state index contributed by atoms with van der Waals surface area (Å²) in [4.78, 5) is 11.3. The van der Waals surface area contributed by atoms with Crippen LogP contribution in [-0.2, 0) is 4.79 Å². The predicted octanol–water partition coefficient (Wildman–Crippen LogP) is 0.642. The average Bonchev–Trinajstić information content (AvgIpc) is 2.14. The number of carbonyl (C=O) groups is 1. The number of hydrogen-bond acceptors (Lipinski definition) is 2. The lowest BCUT2D eigenvalue weighted by Crippen LogP contribution is -2.44. The highest BCUT2D eigenvalue weighted by Crippen LogP contribution is 1.95. The summed E-state index contributed by atoms with van der Waals surface area (Å²) in [6.45, 7) is 3.92. The van der Waals surface area contributed by atoms with Crippen LogP contribution in [0.1, 0.15) is 33.1 Å². The highest BCUT2D eigenvalue weighted by Gasteiger charge is 2.14. The number of carbonyl (C=O) groups excluding carboxylic acids is 1. The first-order valence-electron chi connectivity index (χ1n) is 4.67. The second-order valence-corrected chi connectivity index (χ2v) is 3.03. The lowest BCUT2D eigenvalue weighted by Gasteiger charge is -2.14. The maximum absolute atomic E-state index is 11.3. The van der Waals surface area contributed by atoms with Crippen molar-refractivity contribution < 1.29 is 4.79 Å². The molecule has 0 spiro atoms. The molecule has 0 aliphatic rings. The molecule has 0 aromatic carbocycles. The molecule has 0 aromatic heterocycles. The van der Waals surface area contributed by atoms with Gasteiger partial charge in [0.05, 0.1) is 12.1 Å². The number of hydrogen-bond donors (Lipinski definition) is 2. The van der Waals surface area contributed by atoms with Crippen molar-refractivity contribution in [1.29, 1.82) is 0 Å². The minimum atomic E-state index is -0.424. The van der Waals surface area contributed by atoms with Gasteiger partial charge in [0.25, 0.3) is 0 Å². The van der Waals surface area contributed by atoms with E-state index in [1.54, 1.807) is 0 Å². The van der Waals surface area contributed by atoms with Crippen molar-refractivity contribution in [3.8, 4) is 12.3 Å². The minimum Gasteiger partial charge on any atom is -0.341 e. The summed E-state index contributed by atoms with van der Waals surface area (Å²) in [5.74, 6) is 2.35. The highest BCUT2D eigenvalue weighted by atomic mass is 16.2. The molecule has 0 aliphatic heterocycles. The van der Waals surface area contributed by atoms with Crippen molar-refractivity contribution in [2.24, 2.45) is 5.73 Å². The van der Waals surface area contributed by atoms with Crippen molar-refractivity contribution in [3.05, 3.63) is 0 Å². The SMILES string of the molecule is C#CC(CC)NC(=O)[C@H](N)CCC. The fourth-order valence-corrected chi connectivity index (χ4v) is 0.982. The van der Waals surface area contributed by atoms with Crippen LogP contribution in [0.15, 0.2) is 0 Å². The second-order valence-electron chi connectivity index (χ2n) is 3.03. The van der Waals surface area contributed by atoms with E-state index in [1.807, 2.05) is 13.8 Å². The van der Waals surface area contributed by atoms with Gasteiger partial charge < -0.3 is 11.1 Å². The van der Waals surface area contributed by atoms with Gasteiger partial charge in [-0.25, -0.2) is 0 Å². The molecule has 0 saturated carbocycles. The van der Waals surface area contributed by atoms with Crippen molar-refractivity contribution in [2.45, 2.75) is 45.2 Å². The third-order valence-electron chi connectivity index (χ3n) is 1.86. The van der Waals surface area contributed by atoms with E-state index in [0.29, 0.717) is 6.42 Å². The van der Waals surface area contributed by atoms with E-state index in [9.17, 15) is 4.79 Å². The first-order valence-corrected chi connectivity index (χ1v) is 4.67. The largest absolute Gasteiger partial charge is 0.341 e. The van der Waals surface area contributed by atoms with Crippen LogP contribution in [0, 0.1) is 12.3 Å². The molecule has 0 aliphatic carbocycles. The number of nitrogens with one attached hydrogen (secondary N) is 1. The molecule has 3 N–H and O–H groups in total. The van der Waals surface area contributed by atoms with Gasteiger partial charge in [-0.2, -0.15) is 0 Å². The maximum Gasteiger partial charge on any atom is 0.237 e. The second kappa shape index (κ2) is 6.50. The van der Waals surface area contributed by atoms with E-state index in [2.05, 4.69) is 11.2 Å². The summed E-state index contributed by atoms with van der Waals surface area (Å²) < 4.78 is 0. The number of amides is 1. The molecule has 2 atom stereocenters. The summed E-state index contributed by atoms with van der Waals surface area (Å²) in [5.41, 5.74) is 5.60. The fourth-order valence-electron chi connectivity index (χ4n) is 0.982. The standard InChI is InChI=1S/C10H18N2O/c1-4-7-9(11)10(13)12-8(5-2)6-3/h2,8-9H,4,6-7,11H2,1,3H3,(H,12,13)/t8?,9-/m1/s1. The molecule has 1 unspecified atom stereocenters. The third-order valence-corrected chi connectivity index (χ3v) is 1.86. The van der Waals surface area contributed by atoms with Gasteiger partial charge in [0, 0.05) is 0 Å². The normalized spacial score (nSPS) is 14.3. The van der Waals surface area contributed by atoms with Crippen LogP contribution in [0.4, 0.5) is 0 Å². The summed E-state index contributed by atoms with van der Waals surface area (Å²) in [5, 5.41) is 2.70. The van der Waals surface area contributed by atoms with Crippen LogP contribution in [0.3, 0.4) is 0 Å². The Kier molecular flexibility index (Phi) is 5.99. The van der Waals surface area contributed by atoms with E-state index < -0.39 is 6.04 Å². The molecule has 0 fully saturated rings. The van der Waals surface area contributed by atoms with E-state index >= 15 is 0 Å². The summed E-state index contributed by atoms with van der Waals surface area (Å²) in [7, 11) is 0. The molecular weight excluding hydrogens is 164 g/mol. The zero-order valence-electron chi connectivity index (χ0n) is 8.34. The Balaban J connectivity index is 3.92. The van der Waals surface area contributed by atoms with Crippen LogP contribution in [-0.4, -0.2) is 18.0 Å². The quantitative estimate of drug-likeness (QED) is 0.613. The first kappa shape index (κ1) is 12.0. The van der Waals surface area contributed by atoms with E-state index in [4.69, 9.17) is 12.2 Å². The zero-order valence-corrected chi connectivity index (χ0v) is 8.34. The number of rotatable bonds is 5. The van der Waals surface area contributed by atoms with Crippen LogP contribution in [0.25, 0.3) is 0 Å². The van der Waals surface area contributed by atoms with Gasteiger partial charge >= 0.3 is 0 Å². The van der Waals surface area contributed by atoms with Gasteiger partial charge in [-0.3, -0.25) is 4.79 Å². The number of terminal acetylenes is 1. The average molecular weight is 182 g/mol. The minimum absolute atomic E-state index is 0.147. The first-order chi connectivity index (χ1) is 6.15. The van der Waals surface area contributed by atoms with Gasteiger partial charge in [-0.1, -0.05) is 26.2 Å². The molecule has 13 heavy (non-hydrogen) atoms. The Morgan fingerprint density at radius 3 is 2.62 bits per heavy atom. The monoisotopic (exact) mass is 182 g/mol. The predicted molar refractivity (Wildman–Crippen MR) is 53.9 cm³/mol. The maximum atomic E-state index is 11.3. The molecule has 0 rings (SSSR count). The lowest BCUT2D eigenvalue weighted by atomic mass is 10.1. The van der Waals surface area contributed by atoms with Gasteiger partial charge in [0.1, 0.15) is 0 Å². The van der Waals surface area contributed by atoms with Gasteiger partial charge in [-0.15, -0.1) is 6.42 Å². The molecule has 0 bridgehead atoms. The topological polar surface area (TPSA) is 55.1 Å². The Morgan fingerprint density at radius 2 is 2.23 bits per heavy atom. The Morgan fingerprint density at radius 1 is 1.62 bits per heavy atom. The van der Waals surface area contributed by atoms with Gasteiger partial charge in [-0.05, 0) is 12.8 Å². The molecule has 0 heterocycles. The summed E-state index contributed by atoms with van der Waals surface area (Å²) >= 11 is 0. The zero-order chi connectivity index (χ0) is 10.3. The summed E-state index contributed by atoms with van der Waals surface area (Å²) in [6.07, 6.45) is 7.54. The van der Waals surface area contributed by atoms with Crippen LogP contribution < -0.4 is 11.1 Å². The fraction of sp³-hybridized carbons (Fsp3) is 0.700. The third kappa shape index (κ3) is 4.54. The molecule has 0 aromatic rings.